The topological polar surface area (TPSA) is 9.23 Å². The number of rotatable bonds is 4. The fourth-order valence-corrected chi connectivity index (χ4v) is 5.31. The summed E-state index contributed by atoms with van der Waals surface area (Å²) in [5.74, 6) is -6.21. The van der Waals surface area contributed by atoms with Gasteiger partial charge in [0.2, 0.25) is 5.75 Å². The van der Waals surface area contributed by atoms with Crippen molar-refractivity contribution in [2.75, 3.05) is 0 Å². The van der Waals surface area contributed by atoms with Gasteiger partial charge in [0.15, 0.2) is 11.6 Å². The van der Waals surface area contributed by atoms with Crippen LogP contribution in [0.2, 0.25) is 0 Å². The van der Waals surface area contributed by atoms with E-state index in [9.17, 15) is 22.0 Å². The van der Waals surface area contributed by atoms with E-state index in [4.69, 9.17) is 0 Å². The Kier molecular flexibility index (Phi) is 6.47. The molecule has 1 saturated carbocycles. The highest BCUT2D eigenvalue weighted by atomic mass is 19.4. The zero-order valence-corrected chi connectivity index (χ0v) is 17.9. The monoisotopic (exact) mass is 472 g/mol. The summed E-state index contributed by atoms with van der Waals surface area (Å²) >= 11 is 0. The van der Waals surface area contributed by atoms with Crippen molar-refractivity contribution < 1.29 is 35.5 Å². The van der Waals surface area contributed by atoms with Crippen LogP contribution in [-0.2, 0) is 6.42 Å². The summed E-state index contributed by atoms with van der Waals surface area (Å²) in [5, 5.41) is 0. The largest absolute Gasteiger partial charge is 0.573 e. The zero-order chi connectivity index (χ0) is 23.9. The van der Waals surface area contributed by atoms with Gasteiger partial charge in [0.25, 0.3) is 0 Å². The normalized spacial score (nSPS) is 22.8. The molecule has 0 aliphatic heterocycles. The van der Waals surface area contributed by atoms with Gasteiger partial charge in [-0.2, -0.15) is 0 Å². The molecule has 33 heavy (non-hydrogen) atoms. The van der Waals surface area contributed by atoms with E-state index in [1.807, 2.05) is 0 Å². The van der Waals surface area contributed by atoms with Gasteiger partial charge in [0, 0.05) is 0 Å². The second-order valence-electron chi connectivity index (χ2n) is 8.75. The predicted octanol–water partition coefficient (Wildman–Crippen LogP) is 8.22. The minimum absolute atomic E-state index is 0.00844. The predicted molar refractivity (Wildman–Crippen MR) is 110 cm³/mol. The van der Waals surface area contributed by atoms with Crippen molar-refractivity contribution in [3.63, 3.8) is 0 Å². The number of hydrogen-bond donors (Lipinski definition) is 0. The smallest absolute Gasteiger partial charge is 0.399 e. The second kappa shape index (κ2) is 9.03. The van der Waals surface area contributed by atoms with Gasteiger partial charge < -0.3 is 4.74 Å². The third kappa shape index (κ3) is 4.75. The van der Waals surface area contributed by atoms with E-state index < -0.39 is 46.5 Å². The molecule has 3 unspecified atom stereocenters. The summed E-state index contributed by atoms with van der Waals surface area (Å²) in [6.45, 7) is 2.07. The average molecular weight is 472 g/mol. The van der Waals surface area contributed by atoms with Crippen LogP contribution in [0.3, 0.4) is 0 Å². The van der Waals surface area contributed by atoms with Gasteiger partial charge in [-0.3, -0.25) is 0 Å². The number of benzene rings is 2. The van der Waals surface area contributed by atoms with Crippen LogP contribution in [0.5, 0.6) is 5.75 Å². The Bertz CT molecular complexity index is 1050. The van der Waals surface area contributed by atoms with E-state index in [0.29, 0.717) is 41.5 Å². The Morgan fingerprint density at radius 1 is 0.970 bits per heavy atom. The summed E-state index contributed by atoms with van der Waals surface area (Å²) in [5.41, 5.74) is -0.275. The van der Waals surface area contributed by atoms with Crippen LogP contribution in [0.25, 0.3) is 11.1 Å². The van der Waals surface area contributed by atoms with Gasteiger partial charge in [0.05, 0.1) is 5.56 Å². The SMILES string of the molecule is CCC=CC1CCC2c3cc(F)c(-c4cc(F)c(OC(F)(F)F)c(F)c4)c(F)c3CCC2C1. The molecule has 0 saturated heterocycles. The number of halogens is 7. The molecule has 2 aromatic rings. The van der Waals surface area contributed by atoms with Crippen LogP contribution in [0, 0.1) is 35.1 Å². The fraction of sp³-hybridized carbons (Fsp3) is 0.440. The highest BCUT2D eigenvalue weighted by Crippen LogP contribution is 2.49. The first kappa shape index (κ1) is 23.6. The molecule has 2 aliphatic rings. The average Bonchev–Trinajstić information content (AvgIpc) is 2.74. The molecule has 2 aromatic carbocycles. The zero-order valence-electron chi connectivity index (χ0n) is 17.9. The molecule has 8 heteroatoms. The van der Waals surface area contributed by atoms with Gasteiger partial charge in [-0.05, 0) is 91.2 Å². The van der Waals surface area contributed by atoms with Crippen LogP contribution < -0.4 is 4.74 Å². The lowest BCUT2D eigenvalue weighted by atomic mass is 9.65. The van der Waals surface area contributed by atoms with E-state index in [-0.39, 0.29) is 5.92 Å². The number of allylic oxidation sites excluding steroid dienone is 2. The van der Waals surface area contributed by atoms with Crippen molar-refractivity contribution in [2.24, 2.45) is 11.8 Å². The first-order valence-corrected chi connectivity index (χ1v) is 11.0. The highest BCUT2D eigenvalue weighted by molar-refractivity contribution is 5.68. The molecule has 0 bridgehead atoms. The third-order valence-corrected chi connectivity index (χ3v) is 6.69. The van der Waals surface area contributed by atoms with E-state index in [1.165, 1.54) is 6.07 Å². The Hall–Kier alpha value is -2.51. The lowest BCUT2D eigenvalue weighted by Crippen LogP contribution is -2.28. The Morgan fingerprint density at radius 2 is 1.67 bits per heavy atom. The molecule has 4 rings (SSSR count). The van der Waals surface area contributed by atoms with Crippen molar-refractivity contribution >= 4 is 0 Å². The maximum Gasteiger partial charge on any atom is 0.573 e. The lowest BCUT2D eigenvalue weighted by molar-refractivity contribution is -0.276. The number of ether oxygens (including phenoxy) is 1. The number of alkyl halides is 3. The molecule has 0 amide bonds. The molecular weight excluding hydrogens is 449 g/mol. The quantitative estimate of drug-likeness (QED) is 0.322. The van der Waals surface area contributed by atoms with Crippen molar-refractivity contribution in [1.82, 2.24) is 0 Å². The van der Waals surface area contributed by atoms with Crippen molar-refractivity contribution in [3.8, 4) is 16.9 Å². The fourth-order valence-electron chi connectivity index (χ4n) is 5.31. The Labute approximate surface area is 187 Å². The lowest BCUT2D eigenvalue weighted by Gasteiger charge is -2.40. The van der Waals surface area contributed by atoms with E-state index in [0.717, 1.165) is 32.1 Å². The third-order valence-electron chi connectivity index (χ3n) is 6.69. The van der Waals surface area contributed by atoms with Gasteiger partial charge in [-0.15, -0.1) is 13.2 Å². The van der Waals surface area contributed by atoms with Crippen LogP contribution >= 0.6 is 0 Å². The van der Waals surface area contributed by atoms with Gasteiger partial charge in [-0.1, -0.05) is 19.1 Å². The number of fused-ring (bicyclic) bond motifs is 3. The maximum atomic E-state index is 15.4. The van der Waals surface area contributed by atoms with Crippen molar-refractivity contribution in [3.05, 3.63) is 64.7 Å². The molecular formula is C25H23F7O. The molecule has 0 spiro atoms. The number of hydrogen-bond acceptors (Lipinski definition) is 1. The van der Waals surface area contributed by atoms with Gasteiger partial charge in [0.1, 0.15) is 11.6 Å². The Morgan fingerprint density at radius 3 is 2.30 bits per heavy atom. The van der Waals surface area contributed by atoms with Gasteiger partial charge >= 0.3 is 6.36 Å². The first-order chi connectivity index (χ1) is 15.6. The molecule has 2 aliphatic carbocycles. The second-order valence-corrected chi connectivity index (χ2v) is 8.75. The highest BCUT2D eigenvalue weighted by Gasteiger charge is 2.38. The van der Waals surface area contributed by atoms with Crippen LogP contribution in [0.15, 0.2) is 30.4 Å². The van der Waals surface area contributed by atoms with Gasteiger partial charge in [-0.25, -0.2) is 17.6 Å². The van der Waals surface area contributed by atoms with Crippen molar-refractivity contribution in [1.29, 1.82) is 0 Å². The first-order valence-electron chi connectivity index (χ1n) is 11.0. The van der Waals surface area contributed by atoms with Crippen LogP contribution in [-0.4, -0.2) is 6.36 Å². The summed E-state index contributed by atoms with van der Waals surface area (Å²) in [4.78, 5) is 0. The van der Waals surface area contributed by atoms with E-state index in [2.05, 4.69) is 23.8 Å². The summed E-state index contributed by atoms with van der Waals surface area (Å²) in [6.07, 6.45) is 3.73. The molecule has 178 valence electrons. The van der Waals surface area contributed by atoms with E-state index >= 15 is 8.78 Å². The summed E-state index contributed by atoms with van der Waals surface area (Å²) in [6, 6.07) is 2.13. The molecule has 1 nitrogen and oxygen atoms in total. The standard InChI is InChI=1S/C25H23F7O/c1-2-3-4-13-5-7-16-14(9-13)6-8-17-18(16)12-19(26)22(23(17)29)15-10-20(27)24(21(28)11-15)33-25(30,31)32/h3-4,10-14,16H,2,5-9H2,1H3. The van der Waals surface area contributed by atoms with Crippen LogP contribution in [0.4, 0.5) is 30.7 Å². The minimum atomic E-state index is -5.31. The molecule has 0 aromatic heterocycles. The Balaban J connectivity index is 1.69. The summed E-state index contributed by atoms with van der Waals surface area (Å²) in [7, 11) is 0. The summed E-state index contributed by atoms with van der Waals surface area (Å²) < 4.78 is 99.3. The molecule has 3 atom stereocenters. The molecule has 0 radical (unpaired) electrons. The maximum absolute atomic E-state index is 15.4. The van der Waals surface area contributed by atoms with Crippen molar-refractivity contribution in [2.45, 2.75) is 57.7 Å². The molecule has 0 N–H and O–H groups in total. The van der Waals surface area contributed by atoms with Crippen LogP contribution in [0.1, 0.15) is 56.1 Å². The minimum Gasteiger partial charge on any atom is -0.399 e. The van der Waals surface area contributed by atoms with E-state index in [1.54, 1.807) is 0 Å². The molecule has 1 fully saturated rings. The molecule has 0 heterocycles.